The van der Waals surface area contributed by atoms with Gasteiger partial charge in [0.15, 0.2) is 0 Å². The molecule has 0 aliphatic heterocycles. The van der Waals surface area contributed by atoms with Crippen LogP contribution in [0.5, 0.6) is 0 Å². The molecule has 0 bridgehead atoms. The van der Waals surface area contributed by atoms with Crippen molar-refractivity contribution in [1.29, 1.82) is 0 Å². The molecule has 0 aromatic heterocycles. The van der Waals surface area contributed by atoms with Crippen LogP contribution in [-0.4, -0.2) is 0 Å². The minimum Gasteiger partial charge on any atom is -0.306 e. The highest BCUT2D eigenvalue weighted by Crippen LogP contribution is 2.25. The first-order chi connectivity index (χ1) is 9.08. The Labute approximate surface area is 122 Å². The molecule has 0 amide bonds. The van der Waals surface area contributed by atoms with E-state index >= 15 is 0 Å². The van der Waals surface area contributed by atoms with Gasteiger partial charge in [-0.2, -0.15) is 0 Å². The second kappa shape index (κ2) is 6.38. The highest BCUT2D eigenvalue weighted by Gasteiger charge is 2.09. The molecular weight excluding hydrogens is 284 g/mol. The van der Waals surface area contributed by atoms with Crippen LogP contribution in [0.15, 0.2) is 42.5 Å². The van der Waals surface area contributed by atoms with Crippen molar-refractivity contribution >= 4 is 23.2 Å². The molecule has 0 radical (unpaired) electrons. The molecule has 0 aliphatic rings. The summed E-state index contributed by atoms with van der Waals surface area (Å²) in [5, 5.41) is 4.61. The van der Waals surface area contributed by atoms with E-state index in [2.05, 4.69) is 5.32 Å². The minimum atomic E-state index is -0.231. The van der Waals surface area contributed by atoms with Crippen LogP contribution in [-0.2, 0) is 6.54 Å². The fraction of sp³-hybridized carbons (Fsp3) is 0.200. The Balaban J connectivity index is 2.04. The van der Waals surface area contributed by atoms with Crippen molar-refractivity contribution in [2.75, 3.05) is 0 Å². The van der Waals surface area contributed by atoms with Gasteiger partial charge in [-0.25, -0.2) is 4.39 Å². The molecule has 19 heavy (non-hydrogen) atoms. The first-order valence-corrected chi connectivity index (χ1v) is 6.75. The van der Waals surface area contributed by atoms with Crippen LogP contribution >= 0.6 is 23.2 Å². The molecule has 0 saturated carbocycles. The standard InChI is InChI=1S/C15H14Cl2FN/c1-10(11-5-7-12(18)8-6-11)19-9-13-14(16)3-2-4-15(13)17/h2-8,10,19H,9H2,1H3/t10-/m1/s1. The molecule has 2 aromatic rings. The average molecular weight is 298 g/mol. The summed E-state index contributed by atoms with van der Waals surface area (Å²) >= 11 is 12.2. The number of rotatable bonds is 4. The third-order valence-electron chi connectivity index (χ3n) is 3.02. The van der Waals surface area contributed by atoms with Crippen LogP contribution in [0.25, 0.3) is 0 Å². The van der Waals surface area contributed by atoms with E-state index in [1.165, 1.54) is 12.1 Å². The molecule has 0 aliphatic carbocycles. The third kappa shape index (κ3) is 3.69. The molecule has 0 heterocycles. The van der Waals surface area contributed by atoms with Crippen LogP contribution in [0, 0.1) is 5.82 Å². The Bertz CT molecular complexity index is 534. The lowest BCUT2D eigenvalue weighted by atomic mass is 10.1. The van der Waals surface area contributed by atoms with Crippen molar-refractivity contribution in [2.45, 2.75) is 19.5 Å². The lowest BCUT2D eigenvalue weighted by molar-refractivity contribution is 0.571. The lowest BCUT2D eigenvalue weighted by Gasteiger charge is -2.15. The molecule has 2 rings (SSSR count). The van der Waals surface area contributed by atoms with Crippen molar-refractivity contribution in [3.05, 3.63) is 69.5 Å². The zero-order valence-corrected chi connectivity index (χ0v) is 12.0. The van der Waals surface area contributed by atoms with E-state index in [4.69, 9.17) is 23.2 Å². The quantitative estimate of drug-likeness (QED) is 0.839. The Morgan fingerprint density at radius 3 is 2.21 bits per heavy atom. The van der Waals surface area contributed by atoms with Crippen molar-refractivity contribution in [2.24, 2.45) is 0 Å². The summed E-state index contributed by atoms with van der Waals surface area (Å²) in [7, 11) is 0. The normalized spacial score (nSPS) is 12.4. The van der Waals surface area contributed by atoms with Crippen LogP contribution < -0.4 is 5.32 Å². The first-order valence-electron chi connectivity index (χ1n) is 5.99. The molecule has 0 spiro atoms. The molecule has 100 valence electrons. The zero-order valence-electron chi connectivity index (χ0n) is 10.5. The van der Waals surface area contributed by atoms with Gasteiger partial charge >= 0.3 is 0 Å². The molecule has 4 heteroatoms. The Morgan fingerprint density at radius 1 is 1.05 bits per heavy atom. The fourth-order valence-corrected chi connectivity index (χ4v) is 2.36. The summed E-state index contributed by atoms with van der Waals surface area (Å²) < 4.78 is 12.9. The summed E-state index contributed by atoms with van der Waals surface area (Å²) in [4.78, 5) is 0. The largest absolute Gasteiger partial charge is 0.306 e. The molecule has 1 N–H and O–H groups in total. The summed E-state index contributed by atoms with van der Waals surface area (Å²) in [6.45, 7) is 2.58. The highest BCUT2D eigenvalue weighted by molar-refractivity contribution is 6.35. The van der Waals surface area contributed by atoms with E-state index in [-0.39, 0.29) is 11.9 Å². The molecule has 2 aromatic carbocycles. The molecule has 0 saturated heterocycles. The molecule has 1 atom stereocenters. The van der Waals surface area contributed by atoms with Gasteiger partial charge in [-0.3, -0.25) is 0 Å². The Hall–Kier alpha value is -1.09. The maximum atomic E-state index is 12.9. The van der Waals surface area contributed by atoms with Gasteiger partial charge < -0.3 is 5.32 Å². The third-order valence-corrected chi connectivity index (χ3v) is 3.72. The van der Waals surface area contributed by atoms with Crippen molar-refractivity contribution in [1.82, 2.24) is 5.32 Å². The van der Waals surface area contributed by atoms with Crippen LogP contribution in [0.3, 0.4) is 0 Å². The summed E-state index contributed by atoms with van der Waals surface area (Å²) in [5.74, 6) is -0.231. The molecule has 0 unspecified atom stereocenters. The number of nitrogens with one attached hydrogen (secondary N) is 1. The lowest BCUT2D eigenvalue weighted by Crippen LogP contribution is -2.18. The van der Waals surface area contributed by atoms with Crippen molar-refractivity contribution in [3.63, 3.8) is 0 Å². The second-order valence-electron chi connectivity index (χ2n) is 4.35. The molecule has 0 fully saturated rings. The Kier molecular flexibility index (Phi) is 4.81. The van der Waals surface area contributed by atoms with E-state index in [9.17, 15) is 4.39 Å². The van der Waals surface area contributed by atoms with Gasteiger partial charge in [0.05, 0.1) is 0 Å². The monoisotopic (exact) mass is 297 g/mol. The molecular formula is C15H14Cl2FN. The van der Waals surface area contributed by atoms with Gasteiger partial charge in [-0.1, -0.05) is 41.4 Å². The van der Waals surface area contributed by atoms with Gasteiger partial charge in [0.1, 0.15) is 5.82 Å². The highest BCUT2D eigenvalue weighted by atomic mass is 35.5. The maximum Gasteiger partial charge on any atom is 0.123 e. The summed E-state index contributed by atoms with van der Waals surface area (Å²) in [6.07, 6.45) is 0. The van der Waals surface area contributed by atoms with Crippen molar-refractivity contribution in [3.8, 4) is 0 Å². The van der Waals surface area contributed by atoms with E-state index in [0.29, 0.717) is 16.6 Å². The first kappa shape index (κ1) is 14.3. The number of hydrogen-bond donors (Lipinski definition) is 1. The predicted molar refractivity (Wildman–Crippen MR) is 78.1 cm³/mol. The SMILES string of the molecule is C[C@@H](NCc1c(Cl)cccc1Cl)c1ccc(F)cc1. The topological polar surface area (TPSA) is 12.0 Å². The molecule has 1 nitrogen and oxygen atoms in total. The van der Waals surface area contributed by atoms with E-state index in [1.54, 1.807) is 12.1 Å². The van der Waals surface area contributed by atoms with Gasteiger partial charge in [0, 0.05) is 28.2 Å². The van der Waals surface area contributed by atoms with E-state index in [1.807, 2.05) is 25.1 Å². The smallest absolute Gasteiger partial charge is 0.123 e. The predicted octanol–water partition coefficient (Wildman–Crippen LogP) is 4.98. The van der Waals surface area contributed by atoms with Crippen LogP contribution in [0.1, 0.15) is 24.1 Å². The van der Waals surface area contributed by atoms with Crippen LogP contribution in [0.4, 0.5) is 4.39 Å². The fourth-order valence-electron chi connectivity index (χ4n) is 1.83. The summed E-state index contributed by atoms with van der Waals surface area (Å²) in [6, 6.07) is 12.0. The summed E-state index contributed by atoms with van der Waals surface area (Å²) in [5.41, 5.74) is 1.89. The van der Waals surface area contributed by atoms with Gasteiger partial charge in [0.2, 0.25) is 0 Å². The minimum absolute atomic E-state index is 0.0907. The average Bonchev–Trinajstić information content (AvgIpc) is 2.38. The van der Waals surface area contributed by atoms with Gasteiger partial charge in [-0.05, 0) is 36.8 Å². The number of hydrogen-bond acceptors (Lipinski definition) is 1. The van der Waals surface area contributed by atoms with E-state index in [0.717, 1.165) is 11.1 Å². The van der Waals surface area contributed by atoms with E-state index < -0.39 is 0 Å². The Morgan fingerprint density at radius 2 is 1.63 bits per heavy atom. The number of halogens is 3. The maximum absolute atomic E-state index is 12.9. The zero-order chi connectivity index (χ0) is 13.8. The van der Waals surface area contributed by atoms with Crippen molar-refractivity contribution < 1.29 is 4.39 Å². The van der Waals surface area contributed by atoms with Gasteiger partial charge in [0.25, 0.3) is 0 Å². The number of benzene rings is 2. The van der Waals surface area contributed by atoms with Crippen LogP contribution in [0.2, 0.25) is 10.0 Å². The second-order valence-corrected chi connectivity index (χ2v) is 5.17. The van der Waals surface area contributed by atoms with Gasteiger partial charge in [-0.15, -0.1) is 0 Å².